The Balaban J connectivity index is 1.76. The van der Waals surface area contributed by atoms with Gasteiger partial charge in [0.15, 0.2) is 0 Å². The Bertz CT molecular complexity index is 811. The van der Waals surface area contributed by atoms with Gasteiger partial charge in [-0.25, -0.2) is 9.07 Å². The molecule has 0 radical (unpaired) electrons. The number of halogens is 1. The van der Waals surface area contributed by atoms with E-state index in [0.717, 1.165) is 11.3 Å². The Labute approximate surface area is 140 Å². The molecule has 5 heteroatoms. The minimum absolute atomic E-state index is 0.0844. The van der Waals surface area contributed by atoms with Crippen LogP contribution in [0.5, 0.6) is 0 Å². The summed E-state index contributed by atoms with van der Waals surface area (Å²) in [4.78, 5) is 14.3. The van der Waals surface area contributed by atoms with Gasteiger partial charge in [-0.2, -0.15) is 5.10 Å². The first-order valence-electron chi connectivity index (χ1n) is 7.69. The van der Waals surface area contributed by atoms with Gasteiger partial charge in [0.05, 0.1) is 11.7 Å². The average molecular weight is 323 g/mol. The Morgan fingerprint density at radius 3 is 2.38 bits per heavy atom. The maximum absolute atomic E-state index is 13.0. The summed E-state index contributed by atoms with van der Waals surface area (Å²) in [6.07, 6.45) is 3.55. The molecule has 1 aromatic heterocycles. The van der Waals surface area contributed by atoms with Gasteiger partial charge in [-0.05, 0) is 55.0 Å². The lowest BCUT2D eigenvalue weighted by molar-refractivity contribution is 0.0742. The minimum atomic E-state index is -0.283. The monoisotopic (exact) mass is 323 g/mol. The molecule has 3 aromatic rings. The third kappa shape index (κ3) is 3.20. The zero-order valence-corrected chi connectivity index (χ0v) is 13.6. The van der Waals surface area contributed by atoms with Crippen molar-refractivity contribution in [1.82, 2.24) is 14.7 Å². The SMILES string of the molecule is CC(c1ccc(F)cc1)N(C)C(=O)c1ccc(-n2cccn2)cc1. The summed E-state index contributed by atoms with van der Waals surface area (Å²) in [5.41, 5.74) is 2.38. The van der Waals surface area contributed by atoms with Crippen LogP contribution in [-0.4, -0.2) is 27.6 Å². The lowest BCUT2D eigenvalue weighted by Gasteiger charge is -2.25. The van der Waals surface area contributed by atoms with Crippen LogP contribution in [0.4, 0.5) is 4.39 Å². The molecule has 4 nitrogen and oxygen atoms in total. The molecule has 0 aliphatic rings. The van der Waals surface area contributed by atoms with Crippen molar-refractivity contribution < 1.29 is 9.18 Å². The summed E-state index contributed by atoms with van der Waals surface area (Å²) in [6, 6.07) is 15.2. The molecular weight excluding hydrogens is 305 g/mol. The van der Waals surface area contributed by atoms with Crippen LogP contribution in [0.2, 0.25) is 0 Å². The first kappa shape index (κ1) is 15.9. The Morgan fingerprint density at radius 2 is 1.79 bits per heavy atom. The number of aromatic nitrogens is 2. The number of carbonyl (C=O) groups excluding carboxylic acids is 1. The van der Waals surface area contributed by atoms with Gasteiger partial charge in [0.2, 0.25) is 0 Å². The van der Waals surface area contributed by atoms with Gasteiger partial charge < -0.3 is 4.90 Å². The molecule has 0 fully saturated rings. The largest absolute Gasteiger partial charge is 0.335 e. The summed E-state index contributed by atoms with van der Waals surface area (Å²) in [6.45, 7) is 1.92. The number of rotatable bonds is 4. The summed E-state index contributed by atoms with van der Waals surface area (Å²) < 4.78 is 14.8. The maximum atomic E-state index is 13.0. The van der Waals surface area contributed by atoms with E-state index in [0.29, 0.717) is 5.56 Å². The number of hydrogen-bond acceptors (Lipinski definition) is 2. The van der Waals surface area contributed by atoms with Gasteiger partial charge in [0.25, 0.3) is 5.91 Å². The van der Waals surface area contributed by atoms with Crippen LogP contribution in [0.15, 0.2) is 67.0 Å². The van der Waals surface area contributed by atoms with Crippen molar-refractivity contribution in [1.29, 1.82) is 0 Å². The molecular formula is C19H18FN3O. The second-order valence-corrected chi connectivity index (χ2v) is 5.64. The van der Waals surface area contributed by atoms with Crippen molar-refractivity contribution >= 4 is 5.91 Å². The maximum Gasteiger partial charge on any atom is 0.254 e. The van der Waals surface area contributed by atoms with Gasteiger partial charge in [-0.1, -0.05) is 12.1 Å². The highest BCUT2D eigenvalue weighted by Crippen LogP contribution is 2.21. The average Bonchev–Trinajstić information content (AvgIpc) is 3.15. The topological polar surface area (TPSA) is 38.1 Å². The molecule has 0 bridgehead atoms. The number of nitrogens with zero attached hydrogens (tertiary/aromatic N) is 3. The van der Waals surface area contributed by atoms with Gasteiger partial charge in [-0.3, -0.25) is 4.79 Å². The van der Waals surface area contributed by atoms with Crippen LogP contribution >= 0.6 is 0 Å². The number of amides is 1. The highest BCUT2D eigenvalue weighted by molar-refractivity contribution is 5.94. The number of carbonyl (C=O) groups is 1. The zero-order valence-electron chi connectivity index (χ0n) is 13.6. The zero-order chi connectivity index (χ0) is 17.1. The summed E-state index contributed by atoms with van der Waals surface area (Å²) >= 11 is 0. The molecule has 0 aliphatic heterocycles. The van der Waals surface area contributed by atoms with E-state index in [2.05, 4.69) is 5.10 Å². The summed E-state index contributed by atoms with van der Waals surface area (Å²) in [5.74, 6) is -0.368. The molecule has 1 heterocycles. The fourth-order valence-electron chi connectivity index (χ4n) is 2.52. The lowest BCUT2D eigenvalue weighted by atomic mass is 10.1. The van der Waals surface area contributed by atoms with E-state index in [1.165, 1.54) is 12.1 Å². The Kier molecular flexibility index (Phi) is 4.42. The van der Waals surface area contributed by atoms with Crippen molar-refractivity contribution in [2.75, 3.05) is 7.05 Å². The quantitative estimate of drug-likeness (QED) is 0.731. The molecule has 122 valence electrons. The van der Waals surface area contributed by atoms with Crippen molar-refractivity contribution in [3.63, 3.8) is 0 Å². The van der Waals surface area contributed by atoms with Crippen LogP contribution in [0.1, 0.15) is 28.9 Å². The number of benzene rings is 2. The highest BCUT2D eigenvalue weighted by atomic mass is 19.1. The number of hydrogen-bond donors (Lipinski definition) is 0. The van der Waals surface area contributed by atoms with E-state index in [1.54, 1.807) is 47.1 Å². The van der Waals surface area contributed by atoms with Crippen LogP contribution in [-0.2, 0) is 0 Å². The van der Waals surface area contributed by atoms with Crippen LogP contribution < -0.4 is 0 Å². The third-order valence-electron chi connectivity index (χ3n) is 4.14. The molecule has 0 saturated heterocycles. The fourth-order valence-corrected chi connectivity index (χ4v) is 2.52. The van der Waals surface area contributed by atoms with Crippen LogP contribution in [0.3, 0.4) is 0 Å². The molecule has 3 rings (SSSR count). The van der Waals surface area contributed by atoms with E-state index < -0.39 is 0 Å². The lowest BCUT2D eigenvalue weighted by Crippen LogP contribution is -2.29. The van der Waals surface area contributed by atoms with Crippen molar-refractivity contribution in [3.05, 3.63) is 83.9 Å². The normalized spacial score (nSPS) is 12.0. The summed E-state index contributed by atoms with van der Waals surface area (Å²) in [7, 11) is 1.75. The first-order valence-corrected chi connectivity index (χ1v) is 7.69. The fraction of sp³-hybridized carbons (Fsp3) is 0.158. The Hall–Kier alpha value is -2.95. The molecule has 1 atom stereocenters. The standard InChI is InChI=1S/C19H18FN3O/c1-14(15-4-8-17(20)9-5-15)22(2)19(24)16-6-10-18(11-7-16)23-13-3-12-21-23/h3-14H,1-2H3. The van der Waals surface area contributed by atoms with E-state index in [9.17, 15) is 9.18 Å². The van der Waals surface area contributed by atoms with Crippen LogP contribution in [0, 0.1) is 5.82 Å². The van der Waals surface area contributed by atoms with Crippen molar-refractivity contribution in [3.8, 4) is 5.69 Å². The molecule has 1 amide bonds. The molecule has 24 heavy (non-hydrogen) atoms. The van der Waals surface area contributed by atoms with E-state index in [1.807, 2.05) is 31.3 Å². The molecule has 0 aliphatic carbocycles. The predicted octanol–water partition coefficient (Wildman–Crippen LogP) is 3.84. The first-order chi connectivity index (χ1) is 11.6. The second-order valence-electron chi connectivity index (χ2n) is 5.64. The van der Waals surface area contributed by atoms with E-state index in [4.69, 9.17) is 0 Å². The Morgan fingerprint density at radius 1 is 1.12 bits per heavy atom. The van der Waals surface area contributed by atoms with Crippen LogP contribution in [0.25, 0.3) is 5.69 Å². The van der Waals surface area contributed by atoms with E-state index in [-0.39, 0.29) is 17.8 Å². The van der Waals surface area contributed by atoms with Crippen molar-refractivity contribution in [2.24, 2.45) is 0 Å². The van der Waals surface area contributed by atoms with Gasteiger partial charge in [0, 0.05) is 25.0 Å². The van der Waals surface area contributed by atoms with E-state index >= 15 is 0 Å². The minimum Gasteiger partial charge on any atom is -0.335 e. The molecule has 2 aromatic carbocycles. The molecule has 0 N–H and O–H groups in total. The van der Waals surface area contributed by atoms with Gasteiger partial charge in [0.1, 0.15) is 5.82 Å². The van der Waals surface area contributed by atoms with Crippen molar-refractivity contribution in [2.45, 2.75) is 13.0 Å². The van der Waals surface area contributed by atoms with Gasteiger partial charge in [-0.15, -0.1) is 0 Å². The smallest absolute Gasteiger partial charge is 0.254 e. The summed E-state index contributed by atoms with van der Waals surface area (Å²) in [5, 5.41) is 4.16. The molecule has 0 spiro atoms. The molecule has 0 saturated carbocycles. The second kappa shape index (κ2) is 6.66. The highest BCUT2D eigenvalue weighted by Gasteiger charge is 2.19. The third-order valence-corrected chi connectivity index (χ3v) is 4.14. The van der Waals surface area contributed by atoms with Gasteiger partial charge >= 0.3 is 0 Å². The predicted molar refractivity (Wildman–Crippen MR) is 90.5 cm³/mol. The molecule has 1 unspecified atom stereocenters.